The molecule has 2 heterocycles. The van der Waals surface area contributed by atoms with E-state index >= 15 is 0 Å². The molecule has 0 atom stereocenters. The zero-order valence-electron chi connectivity index (χ0n) is 13.2. The Morgan fingerprint density at radius 1 is 0.917 bits per heavy atom. The van der Waals surface area contributed by atoms with E-state index in [1.54, 1.807) is 6.07 Å². The van der Waals surface area contributed by atoms with Crippen molar-refractivity contribution in [3.63, 3.8) is 0 Å². The summed E-state index contributed by atoms with van der Waals surface area (Å²) in [5.74, 6) is -1.75. The zero-order valence-corrected chi connectivity index (χ0v) is 13.9. The number of halogens is 4. The molecule has 2 saturated heterocycles. The van der Waals surface area contributed by atoms with Gasteiger partial charge in [0.25, 0.3) is 0 Å². The van der Waals surface area contributed by atoms with E-state index < -0.39 is 12.1 Å². The lowest BCUT2D eigenvalue weighted by atomic mass is 10.2. The number of carbonyl (C=O) groups is 1. The molecule has 2 aliphatic heterocycles. The molecule has 1 aromatic rings. The minimum absolute atomic E-state index is 0.0699. The van der Waals surface area contributed by atoms with Crippen molar-refractivity contribution < 1.29 is 18.0 Å². The van der Waals surface area contributed by atoms with Crippen LogP contribution in [0, 0.1) is 0 Å². The molecular formula is C16H19ClF3N3O. The van der Waals surface area contributed by atoms with Crippen LogP contribution < -0.4 is 9.80 Å². The van der Waals surface area contributed by atoms with E-state index in [1.165, 1.54) is 0 Å². The maximum Gasteiger partial charge on any atom is 0.471 e. The number of hydrogen-bond acceptors (Lipinski definition) is 3. The summed E-state index contributed by atoms with van der Waals surface area (Å²) in [7, 11) is 0. The molecule has 0 saturated carbocycles. The van der Waals surface area contributed by atoms with Gasteiger partial charge in [-0.1, -0.05) is 11.6 Å². The van der Waals surface area contributed by atoms with Crippen LogP contribution in [0.4, 0.5) is 24.5 Å². The van der Waals surface area contributed by atoms with Crippen molar-refractivity contribution in [1.82, 2.24) is 4.90 Å². The molecule has 3 rings (SSSR count). The van der Waals surface area contributed by atoms with E-state index in [2.05, 4.69) is 4.90 Å². The quantitative estimate of drug-likeness (QED) is 0.809. The number of benzene rings is 1. The first-order chi connectivity index (χ1) is 11.4. The van der Waals surface area contributed by atoms with E-state index in [1.807, 2.05) is 17.0 Å². The van der Waals surface area contributed by atoms with Crippen molar-refractivity contribution in [2.24, 2.45) is 0 Å². The normalized spacial score (nSPS) is 19.1. The second-order valence-electron chi connectivity index (χ2n) is 6.10. The highest BCUT2D eigenvalue weighted by Gasteiger charge is 2.43. The fourth-order valence-corrected chi connectivity index (χ4v) is 3.47. The summed E-state index contributed by atoms with van der Waals surface area (Å²) < 4.78 is 37.6. The zero-order chi connectivity index (χ0) is 17.3. The van der Waals surface area contributed by atoms with Crippen molar-refractivity contribution in [1.29, 1.82) is 0 Å². The number of piperazine rings is 1. The average molecular weight is 362 g/mol. The first kappa shape index (κ1) is 17.2. The van der Waals surface area contributed by atoms with Crippen LogP contribution in [0.25, 0.3) is 0 Å². The fraction of sp³-hybridized carbons (Fsp3) is 0.562. The van der Waals surface area contributed by atoms with E-state index in [0.29, 0.717) is 18.1 Å². The number of rotatable bonds is 2. The van der Waals surface area contributed by atoms with Crippen molar-refractivity contribution in [2.75, 3.05) is 49.1 Å². The van der Waals surface area contributed by atoms with Crippen LogP contribution in [-0.2, 0) is 4.79 Å². The van der Waals surface area contributed by atoms with Crippen LogP contribution in [-0.4, -0.2) is 56.3 Å². The highest BCUT2D eigenvalue weighted by molar-refractivity contribution is 6.31. The van der Waals surface area contributed by atoms with Crippen molar-refractivity contribution in [2.45, 2.75) is 19.0 Å². The number of carbonyl (C=O) groups excluding carboxylic acids is 1. The topological polar surface area (TPSA) is 26.8 Å². The van der Waals surface area contributed by atoms with Gasteiger partial charge in [-0.25, -0.2) is 0 Å². The Kier molecular flexibility index (Phi) is 4.80. The van der Waals surface area contributed by atoms with Gasteiger partial charge < -0.3 is 14.7 Å². The van der Waals surface area contributed by atoms with Gasteiger partial charge in [-0.15, -0.1) is 0 Å². The van der Waals surface area contributed by atoms with Crippen LogP contribution >= 0.6 is 11.6 Å². The van der Waals surface area contributed by atoms with Crippen LogP contribution in [0.3, 0.4) is 0 Å². The Labute approximate surface area is 143 Å². The molecular weight excluding hydrogens is 343 g/mol. The third-order valence-corrected chi connectivity index (χ3v) is 4.77. The molecule has 1 aromatic carbocycles. The largest absolute Gasteiger partial charge is 0.471 e. The number of anilines is 2. The summed E-state index contributed by atoms with van der Waals surface area (Å²) in [6, 6.07) is 5.62. The molecule has 1 amide bonds. The number of nitrogens with zero attached hydrogens (tertiary/aromatic N) is 3. The molecule has 24 heavy (non-hydrogen) atoms. The van der Waals surface area contributed by atoms with Crippen LogP contribution in [0.1, 0.15) is 12.8 Å². The lowest BCUT2D eigenvalue weighted by Gasteiger charge is -2.38. The summed E-state index contributed by atoms with van der Waals surface area (Å²) in [5.41, 5.74) is 2.00. The molecule has 0 bridgehead atoms. The molecule has 0 aromatic heterocycles. The summed E-state index contributed by atoms with van der Waals surface area (Å²) in [6.45, 7) is 2.81. The van der Waals surface area contributed by atoms with Crippen molar-refractivity contribution in [3.05, 3.63) is 23.2 Å². The van der Waals surface area contributed by atoms with Gasteiger partial charge in [0.2, 0.25) is 0 Å². The Balaban J connectivity index is 1.74. The molecule has 2 fully saturated rings. The van der Waals surface area contributed by atoms with Gasteiger partial charge in [0.15, 0.2) is 0 Å². The monoisotopic (exact) mass is 361 g/mol. The first-order valence-electron chi connectivity index (χ1n) is 8.02. The third-order valence-electron chi connectivity index (χ3n) is 4.53. The minimum atomic E-state index is -4.80. The second-order valence-corrected chi connectivity index (χ2v) is 6.54. The smallest absolute Gasteiger partial charge is 0.370 e. The van der Waals surface area contributed by atoms with E-state index in [0.717, 1.165) is 42.2 Å². The second kappa shape index (κ2) is 6.70. The number of amides is 1. The van der Waals surface area contributed by atoms with Crippen LogP contribution in [0.15, 0.2) is 18.2 Å². The van der Waals surface area contributed by atoms with Gasteiger partial charge >= 0.3 is 12.1 Å². The molecule has 0 radical (unpaired) electrons. The fourth-order valence-electron chi connectivity index (χ4n) is 3.31. The van der Waals surface area contributed by atoms with Gasteiger partial charge in [-0.05, 0) is 31.0 Å². The maximum atomic E-state index is 12.5. The van der Waals surface area contributed by atoms with Gasteiger partial charge in [-0.2, -0.15) is 13.2 Å². The molecule has 0 N–H and O–H groups in total. The molecule has 8 heteroatoms. The highest BCUT2D eigenvalue weighted by atomic mass is 35.5. The molecule has 2 aliphatic rings. The molecule has 132 valence electrons. The highest BCUT2D eigenvalue weighted by Crippen LogP contribution is 2.35. The molecule has 0 aliphatic carbocycles. The summed E-state index contributed by atoms with van der Waals surface area (Å²) >= 11 is 6.13. The maximum absolute atomic E-state index is 12.5. The van der Waals surface area contributed by atoms with Gasteiger partial charge in [0, 0.05) is 44.3 Å². The summed E-state index contributed by atoms with van der Waals surface area (Å²) in [5, 5.41) is 0.645. The van der Waals surface area contributed by atoms with Crippen molar-refractivity contribution in [3.8, 4) is 0 Å². The van der Waals surface area contributed by atoms with E-state index in [-0.39, 0.29) is 13.1 Å². The Bertz CT molecular complexity index is 609. The standard InChI is InChI=1S/C16H19ClF3N3O/c17-12-3-4-13(14(11-12)21-5-1-2-6-21)22-7-9-23(10-8-22)15(24)16(18,19)20/h3-4,11H,1-2,5-10H2. The predicted octanol–water partition coefficient (Wildman–Crippen LogP) is 3.15. The lowest BCUT2D eigenvalue weighted by Crippen LogP contribution is -2.52. The Hall–Kier alpha value is -1.63. The Morgan fingerprint density at radius 3 is 2.08 bits per heavy atom. The lowest BCUT2D eigenvalue weighted by molar-refractivity contribution is -0.185. The summed E-state index contributed by atoms with van der Waals surface area (Å²) in [6.07, 6.45) is -2.55. The first-order valence-corrected chi connectivity index (χ1v) is 8.39. The van der Waals surface area contributed by atoms with Crippen LogP contribution in [0.2, 0.25) is 5.02 Å². The third kappa shape index (κ3) is 3.55. The average Bonchev–Trinajstić information content (AvgIpc) is 3.08. The minimum Gasteiger partial charge on any atom is -0.370 e. The Morgan fingerprint density at radius 2 is 1.50 bits per heavy atom. The molecule has 0 spiro atoms. The van der Waals surface area contributed by atoms with Gasteiger partial charge in [0.05, 0.1) is 11.4 Å². The van der Waals surface area contributed by atoms with Gasteiger partial charge in [-0.3, -0.25) is 4.79 Å². The molecule has 0 unspecified atom stereocenters. The predicted molar refractivity (Wildman–Crippen MR) is 87.7 cm³/mol. The van der Waals surface area contributed by atoms with Crippen LogP contribution in [0.5, 0.6) is 0 Å². The van der Waals surface area contributed by atoms with E-state index in [9.17, 15) is 18.0 Å². The van der Waals surface area contributed by atoms with Gasteiger partial charge in [0.1, 0.15) is 0 Å². The molecule has 4 nitrogen and oxygen atoms in total. The summed E-state index contributed by atoms with van der Waals surface area (Å²) in [4.78, 5) is 16.5. The number of hydrogen-bond donors (Lipinski definition) is 0. The van der Waals surface area contributed by atoms with E-state index in [4.69, 9.17) is 11.6 Å². The SMILES string of the molecule is O=C(N1CCN(c2ccc(Cl)cc2N2CCCC2)CC1)C(F)(F)F. The number of alkyl halides is 3. The van der Waals surface area contributed by atoms with Crippen molar-refractivity contribution >= 4 is 28.9 Å².